The summed E-state index contributed by atoms with van der Waals surface area (Å²) in [4.78, 5) is 11.0. The molecule has 0 saturated carbocycles. The summed E-state index contributed by atoms with van der Waals surface area (Å²) in [6, 6.07) is 11.5. The maximum atomic E-state index is 13.2. The van der Waals surface area contributed by atoms with E-state index in [-0.39, 0.29) is 34.3 Å². The summed E-state index contributed by atoms with van der Waals surface area (Å²) in [6.45, 7) is 0. The largest absolute Gasteiger partial charge is 0.372 e. The highest BCUT2D eigenvalue weighted by atomic mass is 19.1. The number of nitro benzene ring substituents is 1. The van der Waals surface area contributed by atoms with Gasteiger partial charge in [-0.2, -0.15) is 0 Å². The lowest BCUT2D eigenvalue weighted by molar-refractivity contribution is -0.384. The highest BCUT2D eigenvalue weighted by Gasteiger charge is 2.40. The molecule has 1 heterocycles. The average Bonchev–Trinajstić information content (AvgIpc) is 3.04. The SMILES string of the molecule is O=[N+]([O-])c1cccc2c1N[C@@H](c1ccc(F)cc1)[C@H]1CC=C[C@H]21. The van der Waals surface area contributed by atoms with E-state index in [2.05, 4.69) is 17.5 Å². The number of allylic oxidation sites excluding steroid dienone is 2. The summed E-state index contributed by atoms with van der Waals surface area (Å²) in [5.41, 5.74) is 2.60. The fourth-order valence-corrected chi connectivity index (χ4v) is 3.76. The van der Waals surface area contributed by atoms with Gasteiger partial charge in [-0.25, -0.2) is 4.39 Å². The Bertz CT molecular complexity index is 801. The van der Waals surface area contributed by atoms with Crippen LogP contribution in [-0.2, 0) is 0 Å². The fraction of sp³-hybridized carbons (Fsp3) is 0.222. The highest BCUT2D eigenvalue weighted by molar-refractivity contribution is 5.71. The maximum Gasteiger partial charge on any atom is 0.292 e. The summed E-state index contributed by atoms with van der Waals surface area (Å²) < 4.78 is 13.2. The second-order valence-electron chi connectivity index (χ2n) is 6.03. The molecule has 2 aromatic carbocycles. The minimum absolute atomic E-state index is 0.0656. The Balaban J connectivity index is 1.83. The number of fused-ring (bicyclic) bond motifs is 3. The standard InChI is InChI=1S/C18H15FN2O2/c19-12-9-7-11(8-10-12)17-14-4-1-3-13(14)15-5-2-6-16(21(22)23)18(15)20-17/h1-3,5-10,13-14,17,20H,4H2/t13-,14-,17-/m0/s1. The molecule has 0 bridgehead atoms. The van der Waals surface area contributed by atoms with E-state index in [0.717, 1.165) is 17.5 Å². The zero-order chi connectivity index (χ0) is 16.0. The van der Waals surface area contributed by atoms with E-state index in [1.807, 2.05) is 6.07 Å². The van der Waals surface area contributed by atoms with Crippen molar-refractivity contribution in [2.24, 2.45) is 5.92 Å². The van der Waals surface area contributed by atoms with E-state index >= 15 is 0 Å². The molecule has 116 valence electrons. The van der Waals surface area contributed by atoms with Crippen LogP contribution < -0.4 is 5.32 Å². The van der Waals surface area contributed by atoms with E-state index in [1.165, 1.54) is 18.2 Å². The van der Waals surface area contributed by atoms with Gasteiger partial charge in [0.1, 0.15) is 11.5 Å². The number of hydrogen-bond acceptors (Lipinski definition) is 3. The summed E-state index contributed by atoms with van der Waals surface area (Å²) in [5.74, 6) is 0.160. The third-order valence-corrected chi connectivity index (χ3v) is 4.80. The van der Waals surface area contributed by atoms with Crippen molar-refractivity contribution in [1.82, 2.24) is 0 Å². The zero-order valence-corrected chi connectivity index (χ0v) is 12.3. The first kappa shape index (κ1) is 13.9. The van der Waals surface area contributed by atoms with E-state index in [9.17, 15) is 14.5 Å². The minimum atomic E-state index is -0.355. The lowest BCUT2D eigenvalue weighted by Gasteiger charge is -2.37. The molecule has 0 unspecified atom stereocenters. The van der Waals surface area contributed by atoms with Crippen LogP contribution in [0.25, 0.3) is 0 Å². The Kier molecular flexibility index (Phi) is 3.15. The number of para-hydroxylation sites is 1. The van der Waals surface area contributed by atoms with Gasteiger partial charge >= 0.3 is 0 Å². The van der Waals surface area contributed by atoms with E-state index in [4.69, 9.17) is 0 Å². The summed E-state index contributed by atoms with van der Waals surface area (Å²) in [6.07, 6.45) is 5.16. The Morgan fingerprint density at radius 3 is 2.70 bits per heavy atom. The second kappa shape index (κ2) is 5.19. The quantitative estimate of drug-likeness (QED) is 0.502. The third-order valence-electron chi connectivity index (χ3n) is 4.80. The van der Waals surface area contributed by atoms with Gasteiger partial charge in [0.15, 0.2) is 0 Å². The van der Waals surface area contributed by atoms with E-state index in [1.54, 1.807) is 18.2 Å². The molecule has 4 nitrogen and oxygen atoms in total. The first-order chi connectivity index (χ1) is 11.1. The molecule has 4 rings (SSSR count). The van der Waals surface area contributed by atoms with Gasteiger partial charge in [-0.3, -0.25) is 10.1 Å². The number of benzene rings is 2. The Morgan fingerprint density at radius 2 is 1.96 bits per heavy atom. The van der Waals surface area contributed by atoms with E-state index < -0.39 is 0 Å². The molecule has 1 aliphatic heterocycles. The lowest BCUT2D eigenvalue weighted by atomic mass is 9.77. The van der Waals surface area contributed by atoms with Crippen LogP contribution in [0.4, 0.5) is 15.8 Å². The molecule has 1 N–H and O–H groups in total. The topological polar surface area (TPSA) is 55.2 Å². The zero-order valence-electron chi connectivity index (χ0n) is 12.3. The van der Waals surface area contributed by atoms with Crippen LogP contribution in [0.1, 0.15) is 29.5 Å². The van der Waals surface area contributed by atoms with Gasteiger partial charge < -0.3 is 5.32 Å². The van der Waals surface area contributed by atoms with Crippen molar-refractivity contribution in [3.63, 3.8) is 0 Å². The van der Waals surface area contributed by atoms with Crippen LogP contribution in [0.3, 0.4) is 0 Å². The fourth-order valence-electron chi connectivity index (χ4n) is 3.76. The van der Waals surface area contributed by atoms with Gasteiger partial charge in [0.25, 0.3) is 5.69 Å². The maximum absolute atomic E-state index is 13.2. The van der Waals surface area contributed by atoms with Crippen LogP contribution >= 0.6 is 0 Å². The van der Waals surface area contributed by atoms with Crippen LogP contribution in [0.5, 0.6) is 0 Å². The van der Waals surface area contributed by atoms with Crippen molar-refractivity contribution < 1.29 is 9.31 Å². The number of nitro groups is 1. The molecule has 3 atom stereocenters. The first-order valence-corrected chi connectivity index (χ1v) is 7.61. The predicted octanol–water partition coefficient (Wildman–Crippen LogP) is 4.56. The van der Waals surface area contributed by atoms with Gasteiger partial charge in [-0.15, -0.1) is 0 Å². The molecule has 0 fully saturated rings. The smallest absolute Gasteiger partial charge is 0.292 e. The molecule has 5 heteroatoms. The van der Waals surface area contributed by atoms with Gasteiger partial charge in [0, 0.05) is 12.0 Å². The Hall–Kier alpha value is -2.69. The summed E-state index contributed by atoms with van der Waals surface area (Å²) in [5, 5.41) is 14.7. The monoisotopic (exact) mass is 310 g/mol. The number of anilines is 1. The van der Waals surface area contributed by atoms with Crippen LogP contribution in [-0.4, -0.2) is 4.92 Å². The lowest BCUT2D eigenvalue weighted by Crippen LogP contribution is -2.29. The molecule has 2 aliphatic rings. The Morgan fingerprint density at radius 1 is 1.17 bits per heavy atom. The average molecular weight is 310 g/mol. The number of halogens is 1. The summed E-state index contributed by atoms with van der Waals surface area (Å²) >= 11 is 0. The second-order valence-corrected chi connectivity index (χ2v) is 6.03. The number of nitrogens with one attached hydrogen (secondary N) is 1. The highest BCUT2D eigenvalue weighted by Crippen LogP contribution is 2.51. The molecular formula is C18H15FN2O2. The molecule has 0 amide bonds. The van der Waals surface area contributed by atoms with Crippen molar-refractivity contribution in [2.75, 3.05) is 5.32 Å². The molecular weight excluding hydrogens is 295 g/mol. The molecule has 1 aliphatic carbocycles. The molecule has 0 spiro atoms. The predicted molar refractivity (Wildman–Crippen MR) is 85.8 cm³/mol. The van der Waals surface area contributed by atoms with Crippen molar-refractivity contribution in [3.8, 4) is 0 Å². The molecule has 23 heavy (non-hydrogen) atoms. The van der Waals surface area contributed by atoms with Gasteiger partial charge in [0.2, 0.25) is 0 Å². The third kappa shape index (κ3) is 2.20. The van der Waals surface area contributed by atoms with Gasteiger partial charge in [-0.05, 0) is 35.6 Å². The van der Waals surface area contributed by atoms with Crippen LogP contribution in [0.15, 0.2) is 54.6 Å². The normalized spacial score (nSPS) is 24.7. The van der Waals surface area contributed by atoms with Gasteiger partial charge in [-0.1, -0.05) is 36.4 Å². The van der Waals surface area contributed by atoms with Crippen LogP contribution in [0.2, 0.25) is 0 Å². The molecule has 0 aromatic heterocycles. The van der Waals surface area contributed by atoms with Crippen molar-refractivity contribution in [2.45, 2.75) is 18.4 Å². The van der Waals surface area contributed by atoms with Gasteiger partial charge in [0.05, 0.1) is 11.0 Å². The van der Waals surface area contributed by atoms with Crippen LogP contribution in [0, 0.1) is 21.8 Å². The first-order valence-electron chi connectivity index (χ1n) is 7.61. The van der Waals surface area contributed by atoms with E-state index in [0.29, 0.717) is 5.69 Å². The molecule has 0 saturated heterocycles. The summed E-state index contributed by atoms with van der Waals surface area (Å²) in [7, 11) is 0. The number of nitrogens with zero attached hydrogens (tertiary/aromatic N) is 1. The van der Waals surface area contributed by atoms with Crippen molar-refractivity contribution in [3.05, 3.63) is 81.7 Å². The van der Waals surface area contributed by atoms with Crippen molar-refractivity contribution >= 4 is 11.4 Å². The number of rotatable bonds is 2. The molecule has 0 radical (unpaired) electrons. The molecule has 2 aromatic rings. The minimum Gasteiger partial charge on any atom is -0.372 e. The Labute approximate surface area is 132 Å². The van der Waals surface area contributed by atoms with Crippen molar-refractivity contribution in [1.29, 1.82) is 0 Å². The number of hydrogen-bond donors (Lipinski definition) is 1.